The molecule has 2 amide bonds. The van der Waals surface area contributed by atoms with E-state index in [0.29, 0.717) is 34.1 Å². The molecule has 6 rings (SSSR count). The number of likely N-dealkylation sites (tertiary alicyclic amines) is 1. The van der Waals surface area contributed by atoms with Crippen molar-refractivity contribution in [1.29, 1.82) is 0 Å². The van der Waals surface area contributed by atoms with Gasteiger partial charge in [-0.3, -0.25) is 9.59 Å². The summed E-state index contributed by atoms with van der Waals surface area (Å²) in [4.78, 5) is 39.8. The molecule has 1 saturated carbocycles. The highest BCUT2D eigenvalue weighted by Gasteiger charge is 2.47. The van der Waals surface area contributed by atoms with Gasteiger partial charge < -0.3 is 21.3 Å². The van der Waals surface area contributed by atoms with E-state index in [1.54, 1.807) is 24.4 Å². The van der Waals surface area contributed by atoms with Gasteiger partial charge in [0.15, 0.2) is 0 Å². The first-order chi connectivity index (χ1) is 18.5. The predicted octanol–water partition coefficient (Wildman–Crippen LogP) is 3.75. The number of pyridine rings is 1. The summed E-state index contributed by atoms with van der Waals surface area (Å²) in [6.45, 7) is 1.55. The zero-order chi connectivity index (χ0) is 26.2. The summed E-state index contributed by atoms with van der Waals surface area (Å²) in [5.74, 6) is -0.361. The minimum Gasteiger partial charge on any atom is -0.369 e. The van der Waals surface area contributed by atoms with Crippen molar-refractivity contribution in [3.8, 4) is 11.1 Å². The van der Waals surface area contributed by atoms with Crippen LogP contribution in [0, 0.1) is 23.7 Å². The number of anilines is 3. The monoisotopic (exact) mass is 513 g/mol. The summed E-state index contributed by atoms with van der Waals surface area (Å²) < 4.78 is 14.0. The zero-order valence-electron chi connectivity index (χ0n) is 20.7. The number of hydrogen-bond donors (Lipinski definition) is 3. The molecule has 10 heteroatoms. The van der Waals surface area contributed by atoms with E-state index in [0.717, 1.165) is 32.4 Å². The van der Waals surface area contributed by atoms with Crippen molar-refractivity contribution < 1.29 is 14.0 Å². The minimum absolute atomic E-state index is 0.00585. The number of nitrogens with zero attached hydrogens (tertiary/aromatic N) is 4. The van der Waals surface area contributed by atoms with E-state index in [4.69, 9.17) is 10.7 Å². The summed E-state index contributed by atoms with van der Waals surface area (Å²) in [6.07, 6.45) is 10.0. The molecule has 9 nitrogen and oxygen atoms in total. The number of carbonyl (C=O) groups excluding carboxylic acids is 2. The minimum atomic E-state index is -0.618. The van der Waals surface area contributed by atoms with Gasteiger partial charge in [0, 0.05) is 54.4 Å². The molecule has 0 spiro atoms. The van der Waals surface area contributed by atoms with Gasteiger partial charge in [0.1, 0.15) is 5.82 Å². The molecule has 0 radical (unpaired) electrons. The van der Waals surface area contributed by atoms with Gasteiger partial charge in [-0.05, 0) is 60.9 Å². The van der Waals surface area contributed by atoms with Crippen molar-refractivity contribution in [2.75, 3.05) is 23.7 Å². The van der Waals surface area contributed by atoms with Crippen LogP contribution in [0.4, 0.5) is 21.8 Å². The summed E-state index contributed by atoms with van der Waals surface area (Å²) in [7, 11) is 0. The molecule has 194 valence electrons. The van der Waals surface area contributed by atoms with Crippen LogP contribution in [0.25, 0.3) is 11.1 Å². The highest BCUT2D eigenvalue weighted by Crippen LogP contribution is 2.45. The quantitative estimate of drug-likeness (QED) is 0.324. The third-order valence-corrected chi connectivity index (χ3v) is 7.68. The van der Waals surface area contributed by atoms with E-state index >= 15 is 0 Å². The van der Waals surface area contributed by atoms with Gasteiger partial charge in [-0.1, -0.05) is 18.2 Å². The Balaban J connectivity index is 1.32. The summed E-state index contributed by atoms with van der Waals surface area (Å²) in [5, 5.41) is 6.62. The molecular weight excluding hydrogens is 485 g/mol. The molecule has 2 fully saturated rings. The number of primary amides is 1. The molecule has 38 heavy (non-hydrogen) atoms. The Bertz CT molecular complexity index is 1420. The Morgan fingerprint density at radius 1 is 1.05 bits per heavy atom. The molecular formula is C28H28FN7O2. The lowest BCUT2D eigenvalue weighted by atomic mass is 9.88. The standard InChI is InChI=1S/C28H28FN7O2/c29-22-14-16(8-9-31-22)21-15-32-28(33-20-5-3-4-19(13-20)27(38)36-10-1-2-11-36)35-26(21)34-24-18-7-6-17(12-18)23(24)25(30)37/h3-9,13-15,17-18,23-24H,1-2,10-12H2,(H2,30,37)(H2,32,33,34,35)/t17-,18+,23+,24-/m1/s1. The van der Waals surface area contributed by atoms with Crippen molar-refractivity contribution in [3.05, 3.63) is 72.5 Å². The fourth-order valence-electron chi connectivity index (χ4n) is 5.86. The third kappa shape index (κ3) is 4.57. The number of rotatable bonds is 7. The summed E-state index contributed by atoms with van der Waals surface area (Å²) in [5.41, 5.74) is 8.16. The van der Waals surface area contributed by atoms with Crippen LogP contribution in [0.1, 0.15) is 29.6 Å². The van der Waals surface area contributed by atoms with Crippen molar-refractivity contribution in [2.24, 2.45) is 23.5 Å². The van der Waals surface area contributed by atoms with Crippen LogP contribution in [0.3, 0.4) is 0 Å². The van der Waals surface area contributed by atoms with Crippen LogP contribution in [-0.4, -0.2) is 50.8 Å². The Labute approximate surface area is 219 Å². The van der Waals surface area contributed by atoms with Crippen LogP contribution in [0.5, 0.6) is 0 Å². The van der Waals surface area contributed by atoms with Crippen molar-refractivity contribution in [3.63, 3.8) is 0 Å². The maximum absolute atomic E-state index is 14.0. The van der Waals surface area contributed by atoms with E-state index in [1.165, 1.54) is 12.3 Å². The van der Waals surface area contributed by atoms with Crippen LogP contribution in [0.15, 0.2) is 60.9 Å². The van der Waals surface area contributed by atoms with Crippen LogP contribution in [0.2, 0.25) is 0 Å². The molecule has 0 unspecified atom stereocenters. The Kier molecular flexibility index (Phi) is 6.22. The first-order valence-corrected chi connectivity index (χ1v) is 12.9. The highest BCUT2D eigenvalue weighted by atomic mass is 19.1. The first kappa shape index (κ1) is 24.0. The van der Waals surface area contributed by atoms with Gasteiger partial charge in [0.2, 0.25) is 17.8 Å². The molecule has 4 N–H and O–H groups in total. The molecule has 1 aromatic carbocycles. The molecule has 4 atom stereocenters. The molecule has 3 aliphatic rings. The zero-order valence-corrected chi connectivity index (χ0v) is 20.7. The molecule has 2 aromatic heterocycles. The topological polar surface area (TPSA) is 126 Å². The maximum atomic E-state index is 14.0. The lowest BCUT2D eigenvalue weighted by Gasteiger charge is -2.28. The van der Waals surface area contributed by atoms with E-state index in [2.05, 4.69) is 32.8 Å². The van der Waals surface area contributed by atoms with Gasteiger partial charge in [0.25, 0.3) is 5.91 Å². The van der Waals surface area contributed by atoms with E-state index < -0.39 is 5.95 Å². The average Bonchev–Trinajstić information content (AvgIpc) is 3.67. The number of hydrogen-bond acceptors (Lipinski definition) is 7. The second-order valence-corrected chi connectivity index (χ2v) is 10.1. The molecule has 1 saturated heterocycles. The largest absolute Gasteiger partial charge is 0.369 e. The first-order valence-electron chi connectivity index (χ1n) is 12.9. The predicted molar refractivity (Wildman–Crippen MR) is 141 cm³/mol. The molecule has 3 aromatic rings. The Morgan fingerprint density at radius 3 is 2.66 bits per heavy atom. The number of allylic oxidation sites excluding steroid dienone is 1. The number of carbonyl (C=O) groups is 2. The van der Waals surface area contributed by atoms with Gasteiger partial charge in [-0.2, -0.15) is 9.37 Å². The fourth-order valence-corrected chi connectivity index (χ4v) is 5.86. The van der Waals surface area contributed by atoms with Crippen molar-refractivity contribution >= 4 is 29.3 Å². The second kappa shape index (κ2) is 9.85. The van der Waals surface area contributed by atoms with Gasteiger partial charge in [-0.15, -0.1) is 0 Å². The van der Waals surface area contributed by atoms with Gasteiger partial charge >= 0.3 is 0 Å². The smallest absolute Gasteiger partial charge is 0.253 e. The van der Waals surface area contributed by atoms with E-state index in [1.807, 2.05) is 17.0 Å². The number of benzene rings is 1. The highest BCUT2D eigenvalue weighted by molar-refractivity contribution is 5.95. The Morgan fingerprint density at radius 2 is 1.87 bits per heavy atom. The molecule has 3 heterocycles. The maximum Gasteiger partial charge on any atom is 0.253 e. The fraction of sp³-hybridized carbons (Fsp3) is 0.321. The molecule has 2 bridgehead atoms. The van der Waals surface area contributed by atoms with E-state index in [9.17, 15) is 14.0 Å². The SMILES string of the molecule is NC(=O)[C@@H]1[C@H](Nc2nc(Nc3cccc(C(=O)N4CCCC4)c3)ncc2-c2ccnc(F)c2)[C@H]2C=C[C@@H]1C2. The van der Waals surface area contributed by atoms with Gasteiger partial charge in [0.05, 0.1) is 5.92 Å². The van der Waals surface area contributed by atoms with Crippen LogP contribution >= 0.6 is 0 Å². The number of nitrogens with two attached hydrogens (primary N) is 1. The molecule has 2 aliphatic carbocycles. The Hall–Kier alpha value is -4.34. The second-order valence-electron chi connectivity index (χ2n) is 10.1. The van der Waals surface area contributed by atoms with E-state index in [-0.39, 0.29) is 35.6 Å². The van der Waals surface area contributed by atoms with Crippen LogP contribution < -0.4 is 16.4 Å². The number of aromatic nitrogens is 3. The number of halogens is 1. The lowest BCUT2D eigenvalue weighted by Crippen LogP contribution is -2.41. The number of amides is 2. The number of fused-ring (bicyclic) bond motifs is 2. The van der Waals surface area contributed by atoms with Crippen LogP contribution in [-0.2, 0) is 4.79 Å². The van der Waals surface area contributed by atoms with Crippen molar-refractivity contribution in [1.82, 2.24) is 19.9 Å². The normalized spacial score (nSPS) is 23.6. The lowest BCUT2D eigenvalue weighted by molar-refractivity contribution is -0.122. The average molecular weight is 514 g/mol. The van der Waals surface area contributed by atoms with Crippen molar-refractivity contribution in [2.45, 2.75) is 25.3 Å². The third-order valence-electron chi connectivity index (χ3n) is 7.68. The summed E-state index contributed by atoms with van der Waals surface area (Å²) in [6, 6.07) is 10.00. The number of nitrogens with one attached hydrogen (secondary N) is 2. The van der Waals surface area contributed by atoms with Gasteiger partial charge in [-0.25, -0.2) is 9.97 Å². The molecule has 1 aliphatic heterocycles. The summed E-state index contributed by atoms with van der Waals surface area (Å²) >= 11 is 0.